The maximum atomic E-state index is 11.9. The van der Waals surface area contributed by atoms with E-state index < -0.39 is 0 Å². The van der Waals surface area contributed by atoms with Crippen LogP contribution in [0.5, 0.6) is 0 Å². The maximum absolute atomic E-state index is 11.9. The van der Waals surface area contributed by atoms with E-state index in [1.165, 1.54) is 20.7 Å². The first-order chi connectivity index (χ1) is 8.56. The molecule has 1 atom stereocenters. The first-order valence-electron chi connectivity index (χ1n) is 5.95. The minimum atomic E-state index is -0.0159. The summed E-state index contributed by atoms with van der Waals surface area (Å²) >= 11 is 9.35. The van der Waals surface area contributed by atoms with Crippen LogP contribution in [0.15, 0.2) is 17.5 Å². The second kappa shape index (κ2) is 6.04. The molecule has 0 saturated heterocycles. The number of carbonyl (C=O) groups is 1. The van der Waals surface area contributed by atoms with Crippen molar-refractivity contribution in [2.75, 3.05) is 6.54 Å². The van der Waals surface area contributed by atoms with Crippen LogP contribution in [0.1, 0.15) is 29.9 Å². The fraction of sp³-hybridized carbons (Fsp3) is 0.462. The molecule has 2 nitrogen and oxygen atoms in total. The molecule has 18 heavy (non-hydrogen) atoms. The smallest absolute Gasteiger partial charge is 0.261 e. The van der Waals surface area contributed by atoms with Gasteiger partial charge < -0.3 is 5.32 Å². The highest BCUT2D eigenvalue weighted by molar-refractivity contribution is 7.27. The molecule has 0 saturated carbocycles. The maximum Gasteiger partial charge on any atom is 0.261 e. The Morgan fingerprint density at radius 3 is 2.89 bits per heavy atom. The zero-order chi connectivity index (χ0) is 13.1. The minimum absolute atomic E-state index is 0.00929. The Hall–Kier alpha value is -0.580. The third-order valence-corrected chi connectivity index (χ3v) is 5.00. The first-order valence-corrected chi connectivity index (χ1v) is 8.09. The highest BCUT2D eigenvalue weighted by Gasteiger charge is 2.13. The molecule has 1 unspecified atom stereocenters. The standard InChI is InChI=1S/C13H16ClNOS2/c1-8(2)5-9(14)7-15-13(16)12-6-11-10(18-12)3-4-17-11/h3-4,6,8-9H,5,7H2,1-2H3,(H,15,16). The van der Waals surface area contributed by atoms with E-state index in [-0.39, 0.29) is 11.3 Å². The van der Waals surface area contributed by atoms with Gasteiger partial charge in [-0.05, 0) is 29.9 Å². The molecule has 1 N–H and O–H groups in total. The molecule has 0 fully saturated rings. The number of fused-ring (bicyclic) bond motifs is 1. The van der Waals surface area contributed by atoms with Gasteiger partial charge in [-0.2, -0.15) is 0 Å². The number of amides is 1. The molecule has 0 radical (unpaired) electrons. The van der Waals surface area contributed by atoms with Gasteiger partial charge in [0, 0.05) is 15.9 Å². The first kappa shape index (κ1) is 13.8. The SMILES string of the molecule is CC(C)CC(Cl)CNC(=O)c1cc2sccc2s1. The quantitative estimate of drug-likeness (QED) is 0.818. The lowest BCUT2D eigenvalue weighted by molar-refractivity contribution is 0.0957. The highest BCUT2D eigenvalue weighted by Crippen LogP contribution is 2.29. The van der Waals surface area contributed by atoms with Crippen LogP contribution in [0.4, 0.5) is 0 Å². The Labute approximate surface area is 120 Å². The van der Waals surface area contributed by atoms with Gasteiger partial charge in [-0.1, -0.05) is 13.8 Å². The Morgan fingerprint density at radius 1 is 1.44 bits per heavy atom. The third-order valence-electron chi connectivity index (χ3n) is 2.57. The molecule has 0 aromatic carbocycles. The van der Waals surface area contributed by atoms with Crippen molar-refractivity contribution in [3.05, 3.63) is 22.4 Å². The fourth-order valence-electron chi connectivity index (χ4n) is 1.76. The predicted molar refractivity (Wildman–Crippen MR) is 81.1 cm³/mol. The molecule has 2 rings (SSSR count). The van der Waals surface area contributed by atoms with E-state index in [4.69, 9.17) is 11.6 Å². The Morgan fingerprint density at radius 2 is 2.22 bits per heavy atom. The molecule has 5 heteroatoms. The molecule has 2 aromatic rings. The molecule has 0 bridgehead atoms. The second-order valence-corrected chi connectivity index (χ2v) is 7.35. The zero-order valence-electron chi connectivity index (χ0n) is 10.4. The Bertz CT molecular complexity index is 503. The summed E-state index contributed by atoms with van der Waals surface area (Å²) < 4.78 is 2.35. The van der Waals surface area contributed by atoms with Gasteiger partial charge in [0.15, 0.2) is 0 Å². The lowest BCUT2D eigenvalue weighted by Gasteiger charge is -2.12. The van der Waals surface area contributed by atoms with Crippen molar-refractivity contribution in [1.29, 1.82) is 0 Å². The van der Waals surface area contributed by atoms with Crippen LogP contribution in [0, 0.1) is 5.92 Å². The molecular formula is C13H16ClNOS2. The zero-order valence-corrected chi connectivity index (χ0v) is 12.8. The van der Waals surface area contributed by atoms with Crippen LogP contribution in [-0.4, -0.2) is 17.8 Å². The minimum Gasteiger partial charge on any atom is -0.350 e. The van der Waals surface area contributed by atoms with E-state index in [9.17, 15) is 4.79 Å². The largest absolute Gasteiger partial charge is 0.350 e. The van der Waals surface area contributed by atoms with Crippen LogP contribution in [0.2, 0.25) is 0 Å². The summed E-state index contributed by atoms with van der Waals surface area (Å²) in [6.07, 6.45) is 0.918. The van der Waals surface area contributed by atoms with Crippen molar-refractivity contribution < 1.29 is 4.79 Å². The van der Waals surface area contributed by atoms with Gasteiger partial charge in [0.25, 0.3) is 5.91 Å². The normalized spacial score (nSPS) is 13.1. The molecule has 0 aliphatic heterocycles. The fourth-order valence-corrected chi connectivity index (χ4v) is 4.22. The number of thiophene rings is 2. The number of carbonyl (C=O) groups excluding carboxylic acids is 1. The van der Waals surface area contributed by atoms with Gasteiger partial charge in [0.1, 0.15) is 0 Å². The number of hydrogen-bond donors (Lipinski definition) is 1. The number of alkyl halides is 1. The van der Waals surface area contributed by atoms with Gasteiger partial charge in [-0.25, -0.2) is 0 Å². The number of hydrogen-bond acceptors (Lipinski definition) is 3. The number of halogens is 1. The van der Waals surface area contributed by atoms with Gasteiger partial charge >= 0.3 is 0 Å². The summed E-state index contributed by atoms with van der Waals surface area (Å²) in [6, 6.07) is 4.00. The van der Waals surface area contributed by atoms with Gasteiger partial charge in [0.05, 0.1) is 10.3 Å². The molecule has 0 aliphatic rings. The summed E-state index contributed by atoms with van der Waals surface area (Å²) in [7, 11) is 0. The van der Waals surface area contributed by atoms with E-state index in [1.807, 2.05) is 17.5 Å². The lowest BCUT2D eigenvalue weighted by atomic mass is 10.1. The van der Waals surface area contributed by atoms with Crippen LogP contribution < -0.4 is 5.32 Å². The predicted octanol–water partition coefficient (Wildman–Crippen LogP) is 4.35. The van der Waals surface area contributed by atoms with Gasteiger partial charge in [-0.15, -0.1) is 34.3 Å². The monoisotopic (exact) mass is 301 g/mol. The molecule has 98 valence electrons. The molecular weight excluding hydrogens is 286 g/mol. The van der Waals surface area contributed by atoms with Gasteiger partial charge in [0.2, 0.25) is 0 Å². The van der Waals surface area contributed by atoms with Crippen LogP contribution in [0.25, 0.3) is 9.40 Å². The topological polar surface area (TPSA) is 29.1 Å². The number of nitrogens with one attached hydrogen (secondary N) is 1. The van der Waals surface area contributed by atoms with E-state index >= 15 is 0 Å². The molecule has 1 amide bonds. The van der Waals surface area contributed by atoms with Crippen molar-refractivity contribution in [3.8, 4) is 0 Å². The Kier molecular flexibility index (Phi) is 4.65. The van der Waals surface area contributed by atoms with E-state index in [0.29, 0.717) is 12.5 Å². The summed E-state index contributed by atoms with van der Waals surface area (Å²) in [5.41, 5.74) is 0. The van der Waals surface area contributed by atoms with E-state index in [2.05, 4.69) is 19.2 Å². The molecule has 2 heterocycles. The van der Waals surface area contributed by atoms with Crippen LogP contribution in [-0.2, 0) is 0 Å². The third kappa shape index (κ3) is 3.46. The molecule has 2 aromatic heterocycles. The van der Waals surface area contributed by atoms with Crippen molar-refractivity contribution in [2.45, 2.75) is 25.6 Å². The average Bonchev–Trinajstić information content (AvgIpc) is 2.84. The van der Waals surface area contributed by atoms with Gasteiger partial charge in [-0.3, -0.25) is 4.79 Å². The molecule has 0 spiro atoms. The average molecular weight is 302 g/mol. The van der Waals surface area contributed by atoms with Crippen molar-refractivity contribution in [2.24, 2.45) is 5.92 Å². The summed E-state index contributed by atoms with van der Waals surface area (Å²) in [6.45, 7) is 4.79. The van der Waals surface area contributed by atoms with Crippen molar-refractivity contribution >= 4 is 49.6 Å². The van der Waals surface area contributed by atoms with Crippen LogP contribution >= 0.6 is 34.3 Å². The summed E-state index contributed by atoms with van der Waals surface area (Å²) in [5.74, 6) is 0.536. The summed E-state index contributed by atoms with van der Waals surface area (Å²) in [5, 5.41) is 4.95. The highest BCUT2D eigenvalue weighted by atomic mass is 35.5. The lowest BCUT2D eigenvalue weighted by Crippen LogP contribution is -2.29. The van der Waals surface area contributed by atoms with Crippen molar-refractivity contribution in [1.82, 2.24) is 5.32 Å². The van der Waals surface area contributed by atoms with E-state index in [1.54, 1.807) is 11.3 Å². The Balaban J connectivity index is 1.90. The van der Waals surface area contributed by atoms with Crippen molar-refractivity contribution in [3.63, 3.8) is 0 Å². The number of rotatable bonds is 5. The van der Waals surface area contributed by atoms with E-state index in [0.717, 1.165) is 11.3 Å². The van der Waals surface area contributed by atoms with Crippen LogP contribution in [0.3, 0.4) is 0 Å². The molecule has 0 aliphatic carbocycles. The second-order valence-electron chi connectivity index (χ2n) is 4.70. The summed E-state index contributed by atoms with van der Waals surface area (Å²) in [4.78, 5) is 12.7.